The maximum absolute atomic E-state index is 13.1. The zero-order valence-corrected chi connectivity index (χ0v) is 14.3. The van der Waals surface area contributed by atoms with E-state index in [1.165, 1.54) is 43.1 Å². The molecule has 0 radical (unpaired) electrons. The number of hydrogen-bond acceptors (Lipinski definition) is 4. The monoisotopic (exact) mass is 356 g/mol. The van der Waals surface area contributed by atoms with Crippen LogP contribution in [0.25, 0.3) is 11.0 Å². The van der Waals surface area contributed by atoms with Gasteiger partial charge in [-0.25, -0.2) is 14.2 Å². The van der Waals surface area contributed by atoms with Crippen LogP contribution >= 0.6 is 0 Å². The molecule has 3 rings (SSSR count). The van der Waals surface area contributed by atoms with E-state index in [4.69, 9.17) is 0 Å². The minimum absolute atomic E-state index is 0.187. The van der Waals surface area contributed by atoms with Gasteiger partial charge in [0.2, 0.25) is 0 Å². The summed E-state index contributed by atoms with van der Waals surface area (Å²) in [7, 11) is 2.88. The third-order valence-corrected chi connectivity index (χ3v) is 4.14. The van der Waals surface area contributed by atoms with Crippen LogP contribution in [0.1, 0.15) is 15.9 Å². The van der Waals surface area contributed by atoms with Gasteiger partial charge < -0.3 is 5.32 Å². The normalized spacial score (nSPS) is 10.9. The van der Waals surface area contributed by atoms with Gasteiger partial charge in [-0.15, -0.1) is 0 Å². The van der Waals surface area contributed by atoms with Crippen LogP contribution in [0.2, 0.25) is 0 Å². The number of fused-ring (bicyclic) bond motifs is 1. The highest BCUT2D eigenvalue weighted by Crippen LogP contribution is 2.08. The van der Waals surface area contributed by atoms with Crippen molar-refractivity contribution in [1.29, 1.82) is 0 Å². The summed E-state index contributed by atoms with van der Waals surface area (Å²) in [6.07, 6.45) is 1.79. The van der Waals surface area contributed by atoms with Crippen LogP contribution in [0.5, 0.6) is 0 Å². The molecule has 8 heteroatoms. The molecule has 0 saturated heterocycles. The summed E-state index contributed by atoms with van der Waals surface area (Å²) in [5.41, 5.74) is 0.208. The summed E-state index contributed by atoms with van der Waals surface area (Å²) >= 11 is 0. The molecule has 1 N–H and O–H groups in total. The van der Waals surface area contributed by atoms with Crippen molar-refractivity contribution < 1.29 is 9.18 Å². The van der Waals surface area contributed by atoms with E-state index in [0.29, 0.717) is 13.0 Å². The first-order valence-electron chi connectivity index (χ1n) is 7.97. The molecule has 2 aromatic heterocycles. The van der Waals surface area contributed by atoms with Crippen molar-refractivity contribution in [2.24, 2.45) is 14.1 Å². The molecule has 1 aromatic carbocycles. The number of carbonyl (C=O) groups excluding carboxylic acids is 1. The predicted molar refractivity (Wildman–Crippen MR) is 94.7 cm³/mol. The van der Waals surface area contributed by atoms with Gasteiger partial charge in [-0.1, -0.05) is 12.1 Å². The Labute approximate surface area is 147 Å². The van der Waals surface area contributed by atoms with Gasteiger partial charge in [0.05, 0.1) is 10.9 Å². The lowest BCUT2D eigenvalue weighted by molar-refractivity contribution is 0.0954. The van der Waals surface area contributed by atoms with Gasteiger partial charge in [0, 0.05) is 26.8 Å². The quantitative estimate of drug-likeness (QED) is 0.747. The predicted octanol–water partition coefficient (Wildman–Crippen LogP) is 0.744. The zero-order chi connectivity index (χ0) is 18.8. The summed E-state index contributed by atoms with van der Waals surface area (Å²) in [5, 5.41) is 2.90. The van der Waals surface area contributed by atoms with E-state index >= 15 is 0 Å². The van der Waals surface area contributed by atoms with Gasteiger partial charge in [-0.05, 0) is 30.2 Å². The summed E-state index contributed by atoms with van der Waals surface area (Å²) in [4.78, 5) is 40.5. The minimum Gasteiger partial charge on any atom is -0.352 e. The average molecular weight is 356 g/mol. The standard InChI is InChI=1S/C18H17FN4O3/c1-22-15-14(17(25)23(2)18(22)26)9-12(10-21-15)16(24)20-7-6-11-4-3-5-13(19)8-11/h3-5,8-10H,6-7H2,1-2H3,(H,20,24). The third kappa shape index (κ3) is 3.26. The van der Waals surface area contributed by atoms with Crippen LogP contribution in [-0.2, 0) is 20.5 Å². The number of aromatic nitrogens is 3. The first-order chi connectivity index (χ1) is 12.4. The largest absolute Gasteiger partial charge is 0.352 e. The number of carbonyl (C=O) groups is 1. The zero-order valence-electron chi connectivity index (χ0n) is 14.3. The molecule has 26 heavy (non-hydrogen) atoms. The molecule has 0 aliphatic rings. The summed E-state index contributed by atoms with van der Waals surface area (Å²) < 4.78 is 15.4. The molecule has 134 valence electrons. The van der Waals surface area contributed by atoms with Crippen molar-refractivity contribution in [3.8, 4) is 0 Å². The highest BCUT2D eigenvalue weighted by atomic mass is 19.1. The molecule has 0 atom stereocenters. The number of pyridine rings is 1. The second-order valence-corrected chi connectivity index (χ2v) is 5.94. The molecule has 0 aliphatic carbocycles. The second-order valence-electron chi connectivity index (χ2n) is 5.94. The maximum Gasteiger partial charge on any atom is 0.332 e. The van der Waals surface area contributed by atoms with Gasteiger partial charge in [0.15, 0.2) is 0 Å². The molecular weight excluding hydrogens is 339 g/mol. The van der Waals surface area contributed by atoms with Crippen LogP contribution in [0.15, 0.2) is 46.1 Å². The second kappa shape index (κ2) is 6.91. The smallest absolute Gasteiger partial charge is 0.332 e. The van der Waals surface area contributed by atoms with Crippen molar-refractivity contribution in [2.45, 2.75) is 6.42 Å². The van der Waals surface area contributed by atoms with Crippen molar-refractivity contribution in [3.05, 3.63) is 74.3 Å². The highest BCUT2D eigenvalue weighted by molar-refractivity contribution is 5.96. The highest BCUT2D eigenvalue weighted by Gasteiger charge is 2.13. The number of amides is 1. The number of halogens is 1. The molecule has 0 aliphatic heterocycles. The van der Waals surface area contributed by atoms with Crippen LogP contribution in [0, 0.1) is 5.82 Å². The average Bonchev–Trinajstić information content (AvgIpc) is 2.64. The first kappa shape index (κ1) is 17.5. The Balaban J connectivity index is 1.81. The van der Waals surface area contributed by atoms with Gasteiger partial charge in [-0.2, -0.15) is 0 Å². The van der Waals surface area contributed by atoms with Crippen molar-refractivity contribution in [2.75, 3.05) is 6.54 Å². The number of hydrogen-bond donors (Lipinski definition) is 1. The number of benzene rings is 1. The van der Waals surface area contributed by atoms with Crippen molar-refractivity contribution in [3.63, 3.8) is 0 Å². The van der Waals surface area contributed by atoms with E-state index in [9.17, 15) is 18.8 Å². The van der Waals surface area contributed by atoms with Crippen LogP contribution in [-0.4, -0.2) is 26.6 Å². The lowest BCUT2D eigenvalue weighted by Gasteiger charge is -2.09. The first-order valence-corrected chi connectivity index (χ1v) is 7.97. The van der Waals surface area contributed by atoms with Crippen LogP contribution in [0.4, 0.5) is 4.39 Å². The van der Waals surface area contributed by atoms with E-state index in [1.807, 2.05) is 0 Å². The Kier molecular flexibility index (Phi) is 4.66. The molecule has 7 nitrogen and oxygen atoms in total. The summed E-state index contributed by atoms with van der Waals surface area (Å²) in [6, 6.07) is 7.57. The van der Waals surface area contributed by atoms with Crippen molar-refractivity contribution in [1.82, 2.24) is 19.4 Å². The van der Waals surface area contributed by atoms with E-state index in [0.717, 1.165) is 10.1 Å². The Morgan fingerprint density at radius 1 is 1.19 bits per heavy atom. The lowest BCUT2D eigenvalue weighted by Crippen LogP contribution is -2.37. The molecular formula is C18H17FN4O3. The van der Waals surface area contributed by atoms with Crippen molar-refractivity contribution >= 4 is 16.9 Å². The number of nitrogens with zero attached hydrogens (tertiary/aromatic N) is 3. The molecule has 0 spiro atoms. The summed E-state index contributed by atoms with van der Waals surface area (Å²) in [5.74, 6) is -0.722. The Hall–Kier alpha value is -3.29. The Bertz CT molecular complexity index is 1120. The minimum atomic E-state index is -0.509. The molecule has 2 heterocycles. The van der Waals surface area contributed by atoms with Gasteiger partial charge in [0.25, 0.3) is 11.5 Å². The molecule has 0 fully saturated rings. The third-order valence-electron chi connectivity index (χ3n) is 4.14. The summed E-state index contributed by atoms with van der Waals surface area (Å²) in [6.45, 7) is 0.311. The fourth-order valence-electron chi connectivity index (χ4n) is 2.70. The van der Waals surface area contributed by atoms with Crippen LogP contribution < -0.4 is 16.6 Å². The Morgan fingerprint density at radius 2 is 1.96 bits per heavy atom. The fourth-order valence-corrected chi connectivity index (χ4v) is 2.70. The van der Waals surface area contributed by atoms with Crippen LogP contribution in [0.3, 0.4) is 0 Å². The van der Waals surface area contributed by atoms with E-state index in [2.05, 4.69) is 10.3 Å². The molecule has 1 amide bonds. The maximum atomic E-state index is 13.1. The molecule has 0 unspecified atom stereocenters. The van der Waals surface area contributed by atoms with E-state index < -0.39 is 17.2 Å². The lowest BCUT2D eigenvalue weighted by atomic mass is 10.1. The van der Waals surface area contributed by atoms with E-state index in [1.54, 1.807) is 12.1 Å². The molecule has 0 saturated carbocycles. The molecule has 0 bridgehead atoms. The molecule has 3 aromatic rings. The number of rotatable bonds is 4. The number of aryl methyl sites for hydroxylation is 1. The fraction of sp³-hybridized carbons (Fsp3) is 0.222. The van der Waals surface area contributed by atoms with Gasteiger partial charge in [-0.3, -0.25) is 18.7 Å². The van der Waals surface area contributed by atoms with E-state index in [-0.39, 0.29) is 22.4 Å². The topological polar surface area (TPSA) is 86.0 Å². The van der Waals surface area contributed by atoms with Gasteiger partial charge in [0.1, 0.15) is 11.5 Å². The SMILES string of the molecule is Cn1c(=O)c2cc(C(=O)NCCc3cccc(F)c3)cnc2n(C)c1=O. The Morgan fingerprint density at radius 3 is 2.69 bits per heavy atom. The number of nitrogens with one attached hydrogen (secondary N) is 1. The van der Waals surface area contributed by atoms with Gasteiger partial charge >= 0.3 is 5.69 Å².